The maximum Gasteiger partial charge on any atom is 0.272 e. The van der Waals surface area contributed by atoms with Crippen LogP contribution in [0.15, 0.2) is 39.1 Å². The fraction of sp³-hybridized carbons (Fsp3) is 0.450. The van der Waals surface area contributed by atoms with Crippen LogP contribution in [-0.2, 0) is 16.0 Å². The lowest BCUT2D eigenvalue weighted by Crippen LogP contribution is -2.33. The molecule has 154 valence electrons. The molecule has 1 fully saturated rings. The van der Waals surface area contributed by atoms with Gasteiger partial charge in [-0.3, -0.25) is 14.2 Å². The molecule has 2 aromatic rings. The molecule has 3 heterocycles. The van der Waals surface area contributed by atoms with Gasteiger partial charge in [-0.05, 0) is 37.1 Å². The summed E-state index contributed by atoms with van der Waals surface area (Å²) in [7, 11) is 1.60. The van der Waals surface area contributed by atoms with Crippen LogP contribution in [0, 0.1) is 0 Å². The number of hydrogen-bond acceptors (Lipinski definition) is 7. The smallest absolute Gasteiger partial charge is 0.272 e. The predicted octanol–water partition coefficient (Wildman–Crippen LogP) is 2.28. The number of aryl methyl sites for hydroxylation is 1. The Morgan fingerprint density at radius 3 is 2.97 bits per heavy atom. The second-order valence-electron chi connectivity index (χ2n) is 6.84. The summed E-state index contributed by atoms with van der Waals surface area (Å²) in [5.74, 6) is 1.68. The first-order valence-electron chi connectivity index (χ1n) is 9.60. The van der Waals surface area contributed by atoms with Gasteiger partial charge in [0.2, 0.25) is 5.91 Å². The SMILES string of the molecule is COc1ccc(-n2c(SCC(=O)NC[C@H]3CCCO3)nc3c(c2=O)SCC3)cc1. The third-order valence-corrected chi connectivity index (χ3v) is 6.93. The zero-order chi connectivity index (χ0) is 20.2. The quantitative estimate of drug-likeness (QED) is 0.530. The number of carbonyl (C=O) groups excluding carboxylic acids is 1. The zero-order valence-electron chi connectivity index (χ0n) is 16.2. The molecule has 29 heavy (non-hydrogen) atoms. The molecule has 0 aliphatic carbocycles. The average molecular weight is 434 g/mol. The van der Waals surface area contributed by atoms with E-state index >= 15 is 0 Å². The van der Waals surface area contributed by atoms with Gasteiger partial charge in [-0.25, -0.2) is 4.98 Å². The van der Waals surface area contributed by atoms with E-state index in [1.165, 1.54) is 11.8 Å². The third-order valence-electron chi connectivity index (χ3n) is 4.88. The van der Waals surface area contributed by atoms with Crippen molar-refractivity contribution in [3.05, 3.63) is 40.3 Å². The van der Waals surface area contributed by atoms with Crippen LogP contribution in [0.4, 0.5) is 0 Å². The Balaban J connectivity index is 1.54. The van der Waals surface area contributed by atoms with E-state index in [-0.39, 0.29) is 23.3 Å². The Kier molecular flexibility index (Phi) is 6.46. The Morgan fingerprint density at radius 2 is 2.24 bits per heavy atom. The molecule has 2 aliphatic heterocycles. The molecule has 0 bridgehead atoms. The molecule has 1 aromatic heterocycles. The summed E-state index contributed by atoms with van der Waals surface area (Å²) in [4.78, 5) is 30.8. The number of fused-ring (bicyclic) bond motifs is 1. The van der Waals surface area contributed by atoms with E-state index in [0.29, 0.717) is 28.0 Å². The lowest BCUT2D eigenvalue weighted by atomic mass is 10.2. The number of ether oxygens (including phenoxy) is 2. The van der Waals surface area contributed by atoms with Crippen LogP contribution >= 0.6 is 23.5 Å². The van der Waals surface area contributed by atoms with Gasteiger partial charge in [0.1, 0.15) is 5.75 Å². The third kappa shape index (κ3) is 4.62. The number of amides is 1. The molecular weight excluding hydrogens is 410 g/mol. The molecule has 0 radical (unpaired) electrons. The molecule has 7 nitrogen and oxygen atoms in total. The number of hydrogen-bond donors (Lipinski definition) is 1. The van der Waals surface area contributed by atoms with Gasteiger partial charge < -0.3 is 14.8 Å². The molecule has 0 spiro atoms. The van der Waals surface area contributed by atoms with E-state index in [1.807, 2.05) is 24.3 Å². The second kappa shape index (κ2) is 9.23. The van der Waals surface area contributed by atoms with Crippen LogP contribution in [0.25, 0.3) is 5.69 Å². The topological polar surface area (TPSA) is 82.4 Å². The number of nitrogens with one attached hydrogen (secondary N) is 1. The highest BCUT2D eigenvalue weighted by Gasteiger charge is 2.23. The predicted molar refractivity (Wildman–Crippen MR) is 114 cm³/mol. The number of methoxy groups -OCH3 is 1. The largest absolute Gasteiger partial charge is 0.497 e. The first kappa shape index (κ1) is 20.3. The van der Waals surface area contributed by atoms with E-state index in [9.17, 15) is 9.59 Å². The summed E-state index contributed by atoms with van der Waals surface area (Å²) in [6.07, 6.45) is 2.91. The van der Waals surface area contributed by atoms with Crippen LogP contribution in [0.5, 0.6) is 5.75 Å². The van der Waals surface area contributed by atoms with E-state index in [1.54, 1.807) is 23.4 Å². The molecule has 1 atom stereocenters. The Labute approximate surface area is 177 Å². The van der Waals surface area contributed by atoms with Crippen molar-refractivity contribution < 1.29 is 14.3 Å². The number of rotatable bonds is 7. The number of aromatic nitrogens is 2. The summed E-state index contributed by atoms with van der Waals surface area (Å²) in [5, 5.41) is 3.45. The minimum Gasteiger partial charge on any atom is -0.497 e. The molecule has 4 rings (SSSR count). The number of thioether (sulfide) groups is 2. The van der Waals surface area contributed by atoms with Crippen molar-refractivity contribution in [2.24, 2.45) is 0 Å². The lowest BCUT2D eigenvalue weighted by molar-refractivity contribution is -0.119. The highest BCUT2D eigenvalue weighted by Crippen LogP contribution is 2.30. The second-order valence-corrected chi connectivity index (χ2v) is 8.88. The summed E-state index contributed by atoms with van der Waals surface area (Å²) in [6.45, 7) is 1.29. The van der Waals surface area contributed by atoms with Gasteiger partial charge in [0, 0.05) is 25.3 Å². The maximum atomic E-state index is 13.1. The van der Waals surface area contributed by atoms with Crippen molar-refractivity contribution in [3.8, 4) is 11.4 Å². The number of carbonyl (C=O) groups is 1. The number of nitrogens with zero attached hydrogens (tertiary/aromatic N) is 2. The molecule has 0 saturated carbocycles. The molecule has 1 saturated heterocycles. The van der Waals surface area contributed by atoms with Crippen molar-refractivity contribution in [1.29, 1.82) is 0 Å². The Morgan fingerprint density at radius 1 is 1.41 bits per heavy atom. The molecular formula is C20H23N3O4S2. The monoisotopic (exact) mass is 433 g/mol. The van der Waals surface area contributed by atoms with Gasteiger partial charge in [0.05, 0.1) is 35.2 Å². The van der Waals surface area contributed by atoms with E-state index < -0.39 is 0 Å². The Bertz CT molecular complexity index is 940. The molecule has 0 unspecified atom stereocenters. The summed E-state index contributed by atoms with van der Waals surface area (Å²) >= 11 is 2.82. The van der Waals surface area contributed by atoms with Crippen molar-refractivity contribution in [2.75, 3.05) is 31.8 Å². The van der Waals surface area contributed by atoms with Crippen molar-refractivity contribution in [1.82, 2.24) is 14.9 Å². The van der Waals surface area contributed by atoms with E-state index in [2.05, 4.69) is 5.32 Å². The average Bonchev–Trinajstić information content (AvgIpc) is 3.43. The summed E-state index contributed by atoms with van der Waals surface area (Å²) in [5.41, 5.74) is 1.46. The highest BCUT2D eigenvalue weighted by atomic mass is 32.2. The molecule has 1 amide bonds. The zero-order valence-corrected chi connectivity index (χ0v) is 17.8. The van der Waals surface area contributed by atoms with Crippen LogP contribution in [0.3, 0.4) is 0 Å². The fourth-order valence-corrected chi connectivity index (χ4v) is 5.25. The van der Waals surface area contributed by atoms with Crippen molar-refractivity contribution >= 4 is 29.4 Å². The van der Waals surface area contributed by atoms with Gasteiger partial charge in [0.15, 0.2) is 5.16 Å². The minimum absolute atomic E-state index is 0.0788. The van der Waals surface area contributed by atoms with Crippen LogP contribution in [0.2, 0.25) is 0 Å². The van der Waals surface area contributed by atoms with Gasteiger partial charge in [-0.2, -0.15) is 0 Å². The molecule has 1 N–H and O–H groups in total. The number of benzene rings is 1. The van der Waals surface area contributed by atoms with E-state index in [0.717, 1.165) is 37.3 Å². The van der Waals surface area contributed by atoms with Crippen molar-refractivity contribution in [3.63, 3.8) is 0 Å². The minimum atomic E-state index is -0.0871. The first-order valence-corrected chi connectivity index (χ1v) is 11.6. The Hall–Kier alpha value is -1.97. The normalized spacial score (nSPS) is 17.9. The molecule has 2 aliphatic rings. The van der Waals surface area contributed by atoms with E-state index in [4.69, 9.17) is 14.5 Å². The van der Waals surface area contributed by atoms with Gasteiger partial charge in [-0.15, -0.1) is 11.8 Å². The summed E-state index contributed by atoms with van der Waals surface area (Å²) < 4.78 is 12.3. The molecule has 9 heteroatoms. The molecule has 1 aromatic carbocycles. The van der Waals surface area contributed by atoms with Crippen LogP contribution in [0.1, 0.15) is 18.5 Å². The first-order chi connectivity index (χ1) is 14.2. The fourth-order valence-electron chi connectivity index (χ4n) is 3.36. The standard InChI is InChI=1S/C20H23N3O4S2/c1-26-14-6-4-13(5-7-14)23-19(25)18-16(8-10-28-18)22-20(23)29-12-17(24)21-11-15-3-2-9-27-15/h4-7,15H,2-3,8-12H2,1H3,(H,21,24)/t15-/m1/s1. The lowest BCUT2D eigenvalue weighted by Gasteiger charge is -2.14. The van der Waals surface area contributed by atoms with Crippen molar-refractivity contribution in [2.45, 2.75) is 35.4 Å². The van der Waals surface area contributed by atoms with Gasteiger partial charge in [-0.1, -0.05) is 11.8 Å². The van der Waals surface area contributed by atoms with Gasteiger partial charge in [0.25, 0.3) is 5.56 Å². The van der Waals surface area contributed by atoms with Crippen LogP contribution < -0.4 is 15.6 Å². The van der Waals surface area contributed by atoms with Gasteiger partial charge >= 0.3 is 0 Å². The van der Waals surface area contributed by atoms with Crippen LogP contribution in [-0.4, -0.2) is 53.3 Å². The highest BCUT2D eigenvalue weighted by molar-refractivity contribution is 8.00. The maximum absolute atomic E-state index is 13.1. The summed E-state index contributed by atoms with van der Waals surface area (Å²) in [6, 6.07) is 7.28.